The lowest BCUT2D eigenvalue weighted by Crippen LogP contribution is -2.33. The molecule has 1 N–H and O–H groups in total. The van der Waals surface area contributed by atoms with E-state index in [0.29, 0.717) is 52.0 Å². The largest absolute Gasteiger partial charge is 0.367 e. The quantitative estimate of drug-likeness (QED) is 0.323. The highest BCUT2D eigenvalue weighted by atomic mass is 35.5. The lowest BCUT2D eigenvalue weighted by atomic mass is 9.87. The van der Waals surface area contributed by atoms with Crippen molar-refractivity contribution in [3.05, 3.63) is 92.0 Å². The molecule has 1 aliphatic carbocycles. The minimum atomic E-state index is -0.108. The average Bonchev–Trinajstić information content (AvgIpc) is 3.63. The number of benzene rings is 2. The van der Waals surface area contributed by atoms with E-state index in [-0.39, 0.29) is 11.3 Å². The summed E-state index contributed by atoms with van der Waals surface area (Å²) in [7, 11) is 0. The lowest BCUT2D eigenvalue weighted by molar-refractivity contribution is 0.0745. The Kier molecular flexibility index (Phi) is 7.95. The van der Waals surface area contributed by atoms with Gasteiger partial charge < -0.3 is 10.2 Å². The van der Waals surface area contributed by atoms with Crippen LogP contribution in [0.4, 0.5) is 5.82 Å². The number of carbonyl (C=O) groups excluding carboxylic acids is 1. The molecule has 0 bridgehead atoms. The Bertz CT molecular complexity index is 1200. The van der Waals surface area contributed by atoms with E-state index in [1.807, 2.05) is 17.0 Å². The van der Waals surface area contributed by atoms with Gasteiger partial charge in [0.25, 0.3) is 5.91 Å². The first-order chi connectivity index (χ1) is 16.6. The van der Waals surface area contributed by atoms with E-state index in [1.165, 1.54) is 5.56 Å². The van der Waals surface area contributed by atoms with Crippen molar-refractivity contribution in [3.8, 4) is 0 Å². The van der Waals surface area contributed by atoms with Crippen molar-refractivity contribution in [1.82, 2.24) is 9.88 Å². The van der Waals surface area contributed by atoms with Gasteiger partial charge in [0.05, 0.1) is 20.6 Å². The van der Waals surface area contributed by atoms with Gasteiger partial charge in [-0.15, -0.1) is 0 Å². The predicted molar refractivity (Wildman–Crippen MR) is 146 cm³/mol. The third kappa shape index (κ3) is 6.91. The second-order valence-corrected chi connectivity index (χ2v) is 11.4. The molecule has 4 nitrogen and oxygen atoms in total. The minimum Gasteiger partial charge on any atom is -0.367 e. The average molecular weight is 531 g/mol. The van der Waals surface area contributed by atoms with E-state index >= 15 is 0 Å². The van der Waals surface area contributed by atoms with Crippen LogP contribution in [0.5, 0.6) is 0 Å². The van der Waals surface area contributed by atoms with E-state index in [9.17, 15) is 4.79 Å². The zero-order chi connectivity index (χ0) is 25.2. The zero-order valence-corrected chi connectivity index (χ0v) is 22.5. The van der Waals surface area contributed by atoms with Crippen molar-refractivity contribution in [2.45, 2.75) is 58.0 Å². The number of hydrogen-bond acceptors (Lipinski definition) is 3. The molecule has 1 amide bonds. The summed E-state index contributed by atoms with van der Waals surface area (Å²) in [6.07, 6.45) is 4.38. The molecule has 1 aromatic heterocycles. The van der Waals surface area contributed by atoms with Crippen LogP contribution in [0.1, 0.15) is 60.7 Å². The number of halogens is 3. The molecular formula is C28H30Cl3N3O. The Morgan fingerprint density at radius 3 is 2.31 bits per heavy atom. The number of pyridine rings is 1. The Hall–Kier alpha value is -2.27. The maximum Gasteiger partial charge on any atom is 0.257 e. The van der Waals surface area contributed by atoms with Gasteiger partial charge in [-0.1, -0.05) is 85.9 Å². The second-order valence-electron chi connectivity index (χ2n) is 10.1. The van der Waals surface area contributed by atoms with E-state index < -0.39 is 0 Å². The van der Waals surface area contributed by atoms with Crippen LogP contribution in [-0.2, 0) is 18.4 Å². The molecular weight excluding hydrogens is 501 g/mol. The standard InChI is InChI=1S/C28H30Cl3N3O/c1-28(2,3)20-7-4-19(5-8-20)17-34(13-12-18-6-11-24(30)25(31)14-18)27(35)23-15-21(29)16-32-26(23)33-22-9-10-22/h4-8,11,14-16,22H,9-10,12-13,17H2,1-3H3,(H,32,33). The number of rotatable bonds is 8. The van der Waals surface area contributed by atoms with Crippen LogP contribution in [0.3, 0.4) is 0 Å². The molecule has 0 spiro atoms. The number of nitrogens with one attached hydrogen (secondary N) is 1. The molecule has 184 valence electrons. The molecule has 7 heteroatoms. The molecule has 1 aliphatic rings. The van der Waals surface area contributed by atoms with Crippen molar-refractivity contribution in [2.24, 2.45) is 0 Å². The van der Waals surface area contributed by atoms with Crippen LogP contribution in [0.2, 0.25) is 15.1 Å². The van der Waals surface area contributed by atoms with Crippen LogP contribution in [0.25, 0.3) is 0 Å². The molecule has 0 saturated heterocycles. The summed E-state index contributed by atoms with van der Waals surface area (Å²) in [6, 6.07) is 16.1. The van der Waals surface area contributed by atoms with Crippen molar-refractivity contribution in [2.75, 3.05) is 11.9 Å². The normalized spacial score (nSPS) is 13.5. The molecule has 1 saturated carbocycles. The van der Waals surface area contributed by atoms with E-state index in [1.54, 1.807) is 18.3 Å². The lowest BCUT2D eigenvalue weighted by Gasteiger charge is -2.25. The number of hydrogen-bond donors (Lipinski definition) is 1. The van der Waals surface area contributed by atoms with Gasteiger partial charge in [-0.25, -0.2) is 4.98 Å². The molecule has 2 aromatic carbocycles. The van der Waals surface area contributed by atoms with Gasteiger partial charge in [-0.05, 0) is 59.6 Å². The van der Waals surface area contributed by atoms with Gasteiger partial charge in [0, 0.05) is 25.3 Å². The topological polar surface area (TPSA) is 45.2 Å². The van der Waals surface area contributed by atoms with E-state index in [4.69, 9.17) is 34.8 Å². The fourth-order valence-electron chi connectivity index (χ4n) is 3.85. The van der Waals surface area contributed by atoms with Crippen LogP contribution < -0.4 is 5.32 Å². The van der Waals surface area contributed by atoms with Gasteiger partial charge in [0.2, 0.25) is 0 Å². The Morgan fingerprint density at radius 1 is 1.00 bits per heavy atom. The third-order valence-electron chi connectivity index (χ3n) is 6.14. The fourth-order valence-corrected chi connectivity index (χ4v) is 4.33. The summed E-state index contributed by atoms with van der Waals surface area (Å²) in [4.78, 5) is 20.1. The minimum absolute atomic E-state index is 0.0672. The highest BCUT2D eigenvalue weighted by molar-refractivity contribution is 6.42. The summed E-state index contributed by atoms with van der Waals surface area (Å²) in [6.45, 7) is 7.55. The Morgan fingerprint density at radius 2 is 1.69 bits per heavy atom. The van der Waals surface area contributed by atoms with Gasteiger partial charge in [0.15, 0.2) is 0 Å². The van der Waals surface area contributed by atoms with Crippen LogP contribution in [0, 0.1) is 0 Å². The molecule has 0 atom stereocenters. The molecule has 35 heavy (non-hydrogen) atoms. The fraction of sp³-hybridized carbons (Fsp3) is 0.357. The summed E-state index contributed by atoms with van der Waals surface area (Å²) in [5.41, 5.74) is 3.89. The predicted octanol–water partition coefficient (Wildman–Crippen LogP) is 7.80. The number of amides is 1. The van der Waals surface area contributed by atoms with Gasteiger partial charge >= 0.3 is 0 Å². The van der Waals surface area contributed by atoms with Crippen molar-refractivity contribution >= 4 is 46.5 Å². The number of aromatic nitrogens is 1. The maximum atomic E-state index is 13.8. The van der Waals surface area contributed by atoms with E-state index in [2.05, 4.69) is 55.3 Å². The summed E-state index contributed by atoms with van der Waals surface area (Å²) in [5.74, 6) is 0.479. The molecule has 1 fully saturated rings. The number of carbonyl (C=O) groups is 1. The monoisotopic (exact) mass is 529 g/mol. The van der Waals surface area contributed by atoms with Crippen LogP contribution in [0.15, 0.2) is 54.7 Å². The summed E-state index contributed by atoms with van der Waals surface area (Å²) >= 11 is 18.6. The highest BCUT2D eigenvalue weighted by Crippen LogP contribution is 2.29. The zero-order valence-electron chi connectivity index (χ0n) is 20.2. The Labute approximate surface area is 222 Å². The molecule has 0 aliphatic heterocycles. The van der Waals surface area contributed by atoms with E-state index in [0.717, 1.165) is 24.0 Å². The van der Waals surface area contributed by atoms with Crippen molar-refractivity contribution < 1.29 is 4.79 Å². The first-order valence-corrected chi connectivity index (χ1v) is 13.0. The second kappa shape index (κ2) is 10.8. The smallest absolute Gasteiger partial charge is 0.257 e. The maximum absolute atomic E-state index is 13.8. The van der Waals surface area contributed by atoms with Crippen molar-refractivity contribution in [3.63, 3.8) is 0 Å². The third-order valence-corrected chi connectivity index (χ3v) is 7.08. The number of nitrogens with zero attached hydrogens (tertiary/aromatic N) is 2. The summed E-state index contributed by atoms with van der Waals surface area (Å²) < 4.78 is 0. The van der Waals surface area contributed by atoms with Crippen LogP contribution >= 0.6 is 34.8 Å². The Balaban J connectivity index is 1.60. The highest BCUT2D eigenvalue weighted by Gasteiger charge is 2.26. The number of anilines is 1. The van der Waals surface area contributed by atoms with Gasteiger partial charge in [0.1, 0.15) is 5.82 Å². The molecule has 4 rings (SSSR count). The summed E-state index contributed by atoms with van der Waals surface area (Å²) in [5, 5.41) is 4.84. The molecule has 3 aromatic rings. The van der Waals surface area contributed by atoms with Gasteiger partial charge in [-0.2, -0.15) is 0 Å². The van der Waals surface area contributed by atoms with Crippen molar-refractivity contribution in [1.29, 1.82) is 0 Å². The molecule has 1 heterocycles. The molecule has 0 unspecified atom stereocenters. The SMILES string of the molecule is CC(C)(C)c1ccc(CN(CCc2ccc(Cl)c(Cl)c2)C(=O)c2cc(Cl)cnc2NC2CC2)cc1. The van der Waals surface area contributed by atoms with Crippen LogP contribution in [-0.4, -0.2) is 28.4 Å². The van der Waals surface area contributed by atoms with Gasteiger partial charge in [-0.3, -0.25) is 4.79 Å². The first kappa shape index (κ1) is 25.8. The molecule has 0 radical (unpaired) electrons. The first-order valence-electron chi connectivity index (χ1n) is 11.8.